The predicted octanol–water partition coefficient (Wildman–Crippen LogP) is 2.65. The van der Waals surface area contributed by atoms with E-state index in [-0.39, 0.29) is 25.8 Å². The summed E-state index contributed by atoms with van der Waals surface area (Å²) in [4.78, 5) is 0. The summed E-state index contributed by atoms with van der Waals surface area (Å²) in [6.07, 6.45) is 4.41. The van der Waals surface area contributed by atoms with Crippen LogP contribution < -0.4 is 0 Å². The van der Waals surface area contributed by atoms with Crippen molar-refractivity contribution in [3.8, 4) is 0 Å². The van der Waals surface area contributed by atoms with Crippen LogP contribution in [0.3, 0.4) is 0 Å². The van der Waals surface area contributed by atoms with Gasteiger partial charge in [0.2, 0.25) is 0 Å². The van der Waals surface area contributed by atoms with E-state index in [1.54, 1.807) is 0 Å². The Kier molecular flexibility index (Phi) is 2.83. The number of benzene rings is 1. The predicted molar refractivity (Wildman–Crippen MR) is 43.5 cm³/mol. The number of hydrogen-bond acceptors (Lipinski definition) is 0. The van der Waals surface area contributed by atoms with Gasteiger partial charge in [-0.05, 0) is 18.1 Å². The van der Waals surface area contributed by atoms with Crippen molar-refractivity contribution in [3.63, 3.8) is 0 Å². The Hall–Kier alpha value is -0.170. The Morgan fingerprint density at radius 1 is 1.00 bits per heavy atom. The molecule has 0 saturated heterocycles. The minimum Gasteiger partial charge on any atom is -0.0643 e. The average molecular weight is 174 g/mol. The molecule has 0 saturated carbocycles. The molecule has 0 heterocycles. The molecule has 1 aliphatic carbocycles. The molecule has 1 aliphatic rings. The SMILES string of the molecule is CC1=Cc2ccccc2[CH]1.[Sc]. The van der Waals surface area contributed by atoms with Crippen molar-refractivity contribution in [1.82, 2.24) is 0 Å². The Morgan fingerprint density at radius 3 is 2.27 bits per heavy atom. The number of fused-ring (bicyclic) bond motifs is 1. The summed E-state index contributed by atoms with van der Waals surface area (Å²) in [5, 5.41) is 0. The molecule has 0 spiro atoms. The zero-order chi connectivity index (χ0) is 6.97. The summed E-state index contributed by atoms with van der Waals surface area (Å²) in [6.45, 7) is 2.12. The fourth-order valence-electron chi connectivity index (χ4n) is 1.31. The maximum Gasteiger partial charge on any atom is 0.0161 e. The summed E-state index contributed by atoms with van der Waals surface area (Å²) >= 11 is 0. The molecule has 1 aromatic rings. The molecule has 2 radical (unpaired) electrons. The number of allylic oxidation sites excluding steroid dienone is 1. The van der Waals surface area contributed by atoms with Crippen LogP contribution in [-0.2, 0) is 25.8 Å². The van der Waals surface area contributed by atoms with Gasteiger partial charge in [-0.15, -0.1) is 0 Å². The largest absolute Gasteiger partial charge is 0.0643 e. The van der Waals surface area contributed by atoms with E-state index in [4.69, 9.17) is 0 Å². The number of rotatable bonds is 0. The molecule has 2 rings (SSSR count). The quantitative estimate of drug-likeness (QED) is 0.567. The maximum atomic E-state index is 2.20. The van der Waals surface area contributed by atoms with E-state index in [0.717, 1.165) is 0 Å². The van der Waals surface area contributed by atoms with E-state index >= 15 is 0 Å². The molecule has 0 aliphatic heterocycles. The van der Waals surface area contributed by atoms with Crippen molar-refractivity contribution in [2.24, 2.45) is 0 Å². The molecule has 0 aromatic heterocycles. The smallest absolute Gasteiger partial charge is 0.0161 e. The second-order valence-electron chi connectivity index (χ2n) is 2.66. The van der Waals surface area contributed by atoms with Crippen LogP contribution >= 0.6 is 0 Å². The fourth-order valence-corrected chi connectivity index (χ4v) is 1.31. The third-order valence-electron chi connectivity index (χ3n) is 1.76. The molecule has 11 heavy (non-hydrogen) atoms. The van der Waals surface area contributed by atoms with Gasteiger partial charge in [0, 0.05) is 32.3 Å². The summed E-state index contributed by atoms with van der Waals surface area (Å²) in [5.41, 5.74) is 4.04. The molecule has 0 bridgehead atoms. The number of hydrogen-bond donors (Lipinski definition) is 0. The van der Waals surface area contributed by atoms with Gasteiger partial charge in [0.25, 0.3) is 0 Å². The topological polar surface area (TPSA) is 0 Å². The van der Waals surface area contributed by atoms with Crippen molar-refractivity contribution in [1.29, 1.82) is 0 Å². The van der Waals surface area contributed by atoms with Crippen LogP contribution in [0.15, 0.2) is 29.8 Å². The summed E-state index contributed by atoms with van der Waals surface area (Å²) in [6, 6.07) is 8.42. The van der Waals surface area contributed by atoms with Gasteiger partial charge in [-0.2, -0.15) is 0 Å². The molecule has 1 heteroatoms. The van der Waals surface area contributed by atoms with E-state index in [2.05, 4.69) is 43.7 Å². The summed E-state index contributed by atoms with van der Waals surface area (Å²) < 4.78 is 0. The van der Waals surface area contributed by atoms with Crippen molar-refractivity contribution in [3.05, 3.63) is 47.4 Å². The Bertz CT molecular complexity index is 287. The standard InChI is InChI=1S/C10H9.Sc/c1-8-6-9-4-2-3-5-10(9)7-8;/h2-7H,1H3;. The third-order valence-corrected chi connectivity index (χ3v) is 1.76. The van der Waals surface area contributed by atoms with Gasteiger partial charge in [0.05, 0.1) is 0 Å². The van der Waals surface area contributed by atoms with Crippen LogP contribution in [0.5, 0.6) is 0 Å². The van der Waals surface area contributed by atoms with Gasteiger partial charge in [-0.1, -0.05) is 35.9 Å². The van der Waals surface area contributed by atoms with Crippen molar-refractivity contribution >= 4 is 6.08 Å². The van der Waals surface area contributed by atoms with Gasteiger partial charge in [-0.3, -0.25) is 0 Å². The average Bonchev–Trinajstić information content (AvgIpc) is 2.27. The molecule has 0 unspecified atom stereocenters. The summed E-state index contributed by atoms with van der Waals surface area (Å²) in [7, 11) is 0. The third kappa shape index (κ3) is 1.70. The van der Waals surface area contributed by atoms with E-state index in [1.807, 2.05) is 0 Å². The monoisotopic (exact) mass is 174 g/mol. The van der Waals surface area contributed by atoms with Crippen LogP contribution in [-0.4, -0.2) is 0 Å². The van der Waals surface area contributed by atoms with Crippen molar-refractivity contribution in [2.45, 2.75) is 6.92 Å². The van der Waals surface area contributed by atoms with E-state index in [1.165, 1.54) is 16.7 Å². The molecule has 1 aromatic carbocycles. The van der Waals surface area contributed by atoms with Gasteiger partial charge >= 0.3 is 0 Å². The Labute approximate surface area is 86.1 Å². The summed E-state index contributed by atoms with van der Waals surface area (Å²) in [5.74, 6) is 0. The minimum absolute atomic E-state index is 0. The molecule has 0 atom stereocenters. The van der Waals surface area contributed by atoms with E-state index in [9.17, 15) is 0 Å². The zero-order valence-electron chi connectivity index (χ0n) is 6.54. The van der Waals surface area contributed by atoms with Gasteiger partial charge in [-0.25, -0.2) is 0 Å². The molecule has 52 valence electrons. The molecule has 0 fully saturated rings. The molecule has 0 N–H and O–H groups in total. The second-order valence-corrected chi connectivity index (χ2v) is 2.66. The molecule has 0 nitrogen and oxygen atoms in total. The van der Waals surface area contributed by atoms with Gasteiger partial charge in [0.1, 0.15) is 0 Å². The van der Waals surface area contributed by atoms with Crippen LogP contribution in [0.25, 0.3) is 6.08 Å². The van der Waals surface area contributed by atoms with Crippen molar-refractivity contribution < 1.29 is 25.8 Å². The zero-order valence-corrected chi connectivity index (χ0v) is 8.34. The van der Waals surface area contributed by atoms with Gasteiger partial charge < -0.3 is 0 Å². The first-order valence-corrected chi connectivity index (χ1v) is 3.48. The first kappa shape index (κ1) is 8.92. The Morgan fingerprint density at radius 2 is 1.64 bits per heavy atom. The maximum absolute atomic E-state index is 2.20. The van der Waals surface area contributed by atoms with Crippen molar-refractivity contribution in [2.75, 3.05) is 0 Å². The van der Waals surface area contributed by atoms with Crippen LogP contribution in [0.1, 0.15) is 18.1 Å². The molecule has 0 amide bonds. The van der Waals surface area contributed by atoms with Crippen LogP contribution in [0.4, 0.5) is 0 Å². The van der Waals surface area contributed by atoms with Crippen LogP contribution in [0, 0.1) is 6.42 Å². The second kappa shape index (κ2) is 3.49. The first-order valence-electron chi connectivity index (χ1n) is 3.48. The molecular weight excluding hydrogens is 165 g/mol. The van der Waals surface area contributed by atoms with Gasteiger partial charge in [0.15, 0.2) is 0 Å². The fraction of sp³-hybridized carbons (Fsp3) is 0.100. The normalized spacial score (nSPS) is 13.4. The molecular formula is C10H9Sc. The van der Waals surface area contributed by atoms with Crippen LogP contribution in [0.2, 0.25) is 0 Å². The minimum atomic E-state index is 0. The first-order chi connectivity index (χ1) is 4.86. The van der Waals surface area contributed by atoms with E-state index in [0.29, 0.717) is 0 Å². The Balaban J connectivity index is 0.000000605. The van der Waals surface area contributed by atoms with E-state index < -0.39 is 0 Å².